The number of rotatable bonds is 6. The molecule has 0 saturated carbocycles. The Bertz CT molecular complexity index is 1360. The lowest BCUT2D eigenvalue weighted by atomic mass is 9.99. The quantitative estimate of drug-likeness (QED) is 0.171. The van der Waals surface area contributed by atoms with Crippen molar-refractivity contribution in [1.82, 2.24) is 0 Å². The van der Waals surface area contributed by atoms with Gasteiger partial charge in [0.25, 0.3) is 0 Å². The summed E-state index contributed by atoms with van der Waals surface area (Å²) in [6, 6.07) is 8.92. The fourth-order valence-electron chi connectivity index (χ4n) is 2.97. The third-order valence-electron chi connectivity index (χ3n) is 4.42. The molecule has 14 heteroatoms. The number of benzene rings is 3. The minimum atomic E-state index is -6.30. The molecule has 0 radical (unpaired) electrons. The van der Waals surface area contributed by atoms with Crippen LogP contribution in [0.25, 0.3) is 21.9 Å². The van der Waals surface area contributed by atoms with Crippen molar-refractivity contribution in [3.63, 3.8) is 0 Å². The number of carbonyl (C=O) groups excluding carboxylic acids is 1. The van der Waals surface area contributed by atoms with Gasteiger partial charge in [0, 0.05) is 5.39 Å². The lowest BCUT2D eigenvalue weighted by molar-refractivity contribution is -0.274. The molecular formula is C21H13F7O6S. The van der Waals surface area contributed by atoms with Crippen molar-refractivity contribution in [3.05, 3.63) is 59.9 Å². The van der Waals surface area contributed by atoms with Crippen molar-refractivity contribution in [2.45, 2.75) is 18.8 Å². The highest BCUT2D eigenvalue weighted by molar-refractivity contribution is 7.88. The largest absolute Gasteiger partial charge is 0.573 e. The average Bonchev–Trinajstić information content (AvgIpc) is 2.74. The van der Waals surface area contributed by atoms with Crippen LogP contribution in [-0.2, 0) is 14.9 Å². The molecule has 0 saturated heterocycles. The standard InChI is InChI=1S/C21H13F7O6S/c1-2-32-19(29)16-10-13-9-12(11-3-6-14(7-4-11)33-20(23,24)25)5-8-15(13)18(17(16)22)34-35(30,31)21(26,27)28/h3-10H,2H2,1H3. The normalized spacial score (nSPS) is 12.5. The molecule has 3 aromatic carbocycles. The van der Waals surface area contributed by atoms with E-state index in [-0.39, 0.29) is 17.6 Å². The summed E-state index contributed by atoms with van der Waals surface area (Å²) in [5.41, 5.74) is -6.18. The Labute approximate surface area is 192 Å². The summed E-state index contributed by atoms with van der Waals surface area (Å²) >= 11 is 0. The molecule has 0 aliphatic carbocycles. The van der Waals surface area contributed by atoms with Crippen LogP contribution in [0.5, 0.6) is 11.5 Å². The molecule has 6 nitrogen and oxygen atoms in total. The molecule has 0 heterocycles. The maximum atomic E-state index is 14.9. The molecule has 0 atom stereocenters. The third kappa shape index (κ3) is 5.75. The number of esters is 1. The Morgan fingerprint density at radius 1 is 0.914 bits per heavy atom. The van der Waals surface area contributed by atoms with Crippen LogP contribution in [0.1, 0.15) is 17.3 Å². The van der Waals surface area contributed by atoms with Crippen LogP contribution in [0.3, 0.4) is 0 Å². The van der Waals surface area contributed by atoms with Crippen LogP contribution in [0.4, 0.5) is 30.7 Å². The van der Waals surface area contributed by atoms with Gasteiger partial charge in [0.15, 0.2) is 11.6 Å². The van der Waals surface area contributed by atoms with Crippen LogP contribution < -0.4 is 8.92 Å². The smallest absolute Gasteiger partial charge is 0.462 e. The second-order valence-electron chi connectivity index (χ2n) is 6.78. The first-order valence-corrected chi connectivity index (χ1v) is 10.8. The second-order valence-corrected chi connectivity index (χ2v) is 8.32. The van der Waals surface area contributed by atoms with Gasteiger partial charge >= 0.3 is 28.0 Å². The molecule has 3 rings (SSSR count). The molecule has 0 fully saturated rings. The molecule has 0 spiro atoms. The summed E-state index contributed by atoms with van der Waals surface area (Å²) in [4.78, 5) is 12.1. The summed E-state index contributed by atoms with van der Waals surface area (Å²) in [5, 5.41) is -0.543. The maximum Gasteiger partial charge on any atom is 0.573 e. The minimum absolute atomic E-state index is 0.116. The number of halogens is 7. The van der Waals surface area contributed by atoms with Gasteiger partial charge in [-0.3, -0.25) is 0 Å². The molecule has 188 valence electrons. The maximum absolute atomic E-state index is 14.9. The van der Waals surface area contributed by atoms with Gasteiger partial charge in [0.05, 0.1) is 12.2 Å². The van der Waals surface area contributed by atoms with Crippen LogP contribution in [0, 0.1) is 5.82 Å². The molecule has 0 bridgehead atoms. The number of alkyl halides is 6. The first kappa shape index (κ1) is 26.1. The third-order valence-corrected chi connectivity index (χ3v) is 5.38. The van der Waals surface area contributed by atoms with E-state index in [9.17, 15) is 43.9 Å². The van der Waals surface area contributed by atoms with E-state index >= 15 is 0 Å². The fraction of sp³-hybridized carbons (Fsp3) is 0.190. The highest BCUT2D eigenvalue weighted by Gasteiger charge is 2.49. The minimum Gasteiger partial charge on any atom is -0.462 e. The number of ether oxygens (including phenoxy) is 2. The van der Waals surface area contributed by atoms with E-state index in [1.165, 1.54) is 31.2 Å². The Balaban J connectivity index is 2.15. The topological polar surface area (TPSA) is 78.9 Å². The molecule has 0 aliphatic heterocycles. The predicted molar refractivity (Wildman–Crippen MR) is 108 cm³/mol. The van der Waals surface area contributed by atoms with Gasteiger partial charge < -0.3 is 13.7 Å². The van der Waals surface area contributed by atoms with E-state index in [2.05, 4.69) is 13.7 Å². The Morgan fingerprint density at radius 2 is 1.51 bits per heavy atom. The van der Waals surface area contributed by atoms with E-state index in [0.717, 1.165) is 24.3 Å². The molecule has 0 aromatic heterocycles. The molecular weight excluding hydrogens is 513 g/mol. The molecule has 0 N–H and O–H groups in total. The summed E-state index contributed by atoms with van der Waals surface area (Å²) in [6.07, 6.45) is -4.91. The number of hydrogen-bond acceptors (Lipinski definition) is 6. The van der Waals surface area contributed by atoms with Crippen molar-refractivity contribution in [2.24, 2.45) is 0 Å². The summed E-state index contributed by atoms with van der Waals surface area (Å²) in [7, 11) is -6.30. The van der Waals surface area contributed by atoms with Gasteiger partial charge in [-0.05, 0) is 53.8 Å². The predicted octanol–water partition coefficient (Wildman–Crippen LogP) is 5.95. The Hall–Kier alpha value is -3.55. The lowest BCUT2D eigenvalue weighted by Crippen LogP contribution is -2.28. The Kier molecular flexibility index (Phi) is 6.88. The number of fused-ring (bicyclic) bond motifs is 1. The summed E-state index contributed by atoms with van der Waals surface area (Å²) < 4.78 is 126. The molecule has 3 aromatic rings. The van der Waals surface area contributed by atoms with Crippen LogP contribution in [0.2, 0.25) is 0 Å². The van der Waals surface area contributed by atoms with Crippen molar-refractivity contribution in [2.75, 3.05) is 6.61 Å². The molecule has 0 unspecified atom stereocenters. The fourth-order valence-corrected chi connectivity index (χ4v) is 3.45. The van der Waals surface area contributed by atoms with E-state index in [1.807, 2.05) is 0 Å². The van der Waals surface area contributed by atoms with Crippen molar-refractivity contribution in [3.8, 4) is 22.6 Å². The van der Waals surface area contributed by atoms with Gasteiger partial charge in [-0.1, -0.05) is 18.2 Å². The summed E-state index contributed by atoms with van der Waals surface area (Å²) in [6.45, 7) is 1.16. The zero-order valence-electron chi connectivity index (χ0n) is 17.3. The van der Waals surface area contributed by atoms with Crippen molar-refractivity contribution >= 4 is 26.9 Å². The molecule has 35 heavy (non-hydrogen) atoms. The lowest BCUT2D eigenvalue weighted by Gasteiger charge is -2.15. The van der Waals surface area contributed by atoms with E-state index in [0.29, 0.717) is 5.56 Å². The first-order valence-electron chi connectivity index (χ1n) is 9.43. The summed E-state index contributed by atoms with van der Waals surface area (Å²) in [5.74, 6) is -4.87. The second kappa shape index (κ2) is 9.24. The van der Waals surface area contributed by atoms with Crippen molar-refractivity contribution in [1.29, 1.82) is 0 Å². The molecule has 0 amide bonds. The van der Waals surface area contributed by atoms with Crippen LogP contribution >= 0.6 is 0 Å². The van der Waals surface area contributed by atoms with Gasteiger partial charge in [0.2, 0.25) is 0 Å². The van der Waals surface area contributed by atoms with Crippen LogP contribution in [-0.4, -0.2) is 32.9 Å². The van der Waals surface area contributed by atoms with E-state index in [4.69, 9.17) is 0 Å². The molecule has 0 aliphatic rings. The van der Waals surface area contributed by atoms with Gasteiger partial charge in [-0.2, -0.15) is 21.6 Å². The van der Waals surface area contributed by atoms with Gasteiger partial charge in [-0.15, -0.1) is 13.2 Å². The number of hydrogen-bond donors (Lipinski definition) is 0. The Morgan fingerprint density at radius 3 is 2.06 bits per heavy atom. The van der Waals surface area contributed by atoms with Gasteiger partial charge in [-0.25, -0.2) is 9.18 Å². The number of carbonyl (C=O) groups is 1. The van der Waals surface area contributed by atoms with E-state index in [1.54, 1.807) is 0 Å². The zero-order chi connectivity index (χ0) is 26.2. The van der Waals surface area contributed by atoms with Crippen LogP contribution in [0.15, 0.2) is 48.5 Å². The first-order chi connectivity index (χ1) is 16.1. The average molecular weight is 526 g/mol. The zero-order valence-corrected chi connectivity index (χ0v) is 18.1. The van der Waals surface area contributed by atoms with E-state index < -0.39 is 56.2 Å². The SMILES string of the molecule is CCOC(=O)c1cc2cc(-c3ccc(OC(F)(F)F)cc3)ccc2c(OS(=O)(=O)C(F)(F)F)c1F. The highest BCUT2D eigenvalue weighted by Crippen LogP contribution is 2.38. The van der Waals surface area contributed by atoms with Gasteiger partial charge in [0.1, 0.15) is 5.75 Å². The van der Waals surface area contributed by atoms with Crippen molar-refractivity contribution < 1.29 is 57.6 Å². The highest BCUT2D eigenvalue weighted by atomic mass is 32.2. The monoisotopic (exact) mass is 526 g/mol.